The predicted octanol–water partition coefficient (Wildman–Crippen LogP) is -0.800. The Morgan fingerprint density at radius 1 is 1.33 bits per heavy atom. The van der Waals surface area contributed by atoms with Crippen LogP contribution in [0.5, 0.6) is 0 Å². The molecule has 0 aliphatic rings. The zero-order valence-corrected chi connectivity index (χ0v) is 8.71. The standard InChI is InChI=1S/CH2O3.Bi.H3N.3H/c2-1(3)4;;;;;/h(H2,2,3,4);;1H3;;;. The van der Waals surface area contributed by atoms with E-state index in [0.717, 1.165) is 0 Å². The summed E-state index contributed by atoms with van der Waals surface area (Å²) in [6, 6.07) is 0. The summed E-state index contributed by atoms with van der Waals surface area (Å²) in [7, 11) is 0. The third-order valence-electron chi connectivity index (χ3n) is 0. The summed E-state index contributed by atoms with van der Waals surface area (Å²) in [5.41, 5.74) is 0. The van der Waals surface area contributed by atoms with Crippen molar-refractivity contribution in [3.8, 4) is 0 Å². The molecule has 0 aromatic rings. The van der Waals surface area contributed by atoms with Gasteiger partial charge in [-0.3, -0.25) is 0 Å². The van der Waals surface area contributed by atoms with E-state index in [1.54, 1.807) is 0 Å². The molecule has 0 aliphatic heterocycles. The second kappa shape index (κ2) is 8.93. The molecular formula is CH8BiNO3. The van der Waals surface area contributed by atoms with Crippen molar-refractivity contribution in [1.82, 2.24) is 6.15 Å². The Bertz CT molecular complexity index is 33.8. The topological polar surface area (TPSA) is 92.5 Å². The van der Waals surface area contributed by atoms with Gasteiger partial charge in [-0.2, -0.15) is 0 Å². The zero-order valence-electron chi connectivity index (χ0n) is 3.22. The number of hydrogen-bond donors (Lipinski definition) is 3. The van der Waals surface area contributed by atoms with E-state index in [1.165, 1.54) is 0 Å². The Labute approximate surface area is 53.9 Å². The van der Waals surface area contributed by atoms with Crippen LogP contribution in [0.3, 0.4) is 0 Å². The SMILES string of the molecule is N.O=C(O)O.[BiH3]. The van der Waals surface area contributed by atoms with Gasteiger partial charge in [0.15, 0.2) is 0 Å². The summed E-state index contributed by atoms with van der Waals surface area (Å²) in [6.45, 7) is 0. The van der Waals surface area contributed by atoms with Crippen LogP contribution in [0.4, 0.5) is 4.79 Å². The molecule has 0 spiro atoms. The van der Waals surface area contributed by atoms with E-state index < -0.39 is 6.16 Å². The predicted molar refractivity (Wildman–Crippen MR) is 25.6 cm³/mol. The van der Waals surface area contributed by atoms with Gasteiger partial charge in [0.1, 0.15) is 0 Å². The maximum atomic E-state index is 8.56. The summed E-state index contributed by atoms with van der Waals surface area (Å²) in [5.74, 6) is 0. The monoisotopic (exact) mass is 291 g/mol. The molecule has 0 unspecified atom stereocenters. The molecular weight excluding hydrogens is 283 g/mol. The van der Waals surface area contributed by atoms with Gasteiger partial charge in [-0.15, -0.1) is 0 Å². The van der Waals surface area contributed by atoms with Crippen LogP contribution < -0.4 is 6.15 Å². The third-order valence-corrected chi connectivity index (χ3v) is 0. The van der Waals surface area contributed by atoms with Crippen LogP contribution >= 0.6 is 0 Å². The molecule has 5 heteroatoms. The maximum absolute atomic E-state index is 8.56. The molecule has 0 radical (unpaired) electrons. The van der Waals surface area contributed by atoms with Gasteiger partial charge >= 0.3 is 32.4 Å². The van der Waals surface area contributed by atoms with Crippen molar-refractivity contribution in [3.63, 3.8) is 0 Å². The average Bonchev–Trinajstić information content (AvgIpc) is 0.811. The van der Waals surface area contributed by atoms with E-state index in [4.69, 9.17) is 15.0 Å². The first kappa shape index (κ1) is 16.5. The van der Waals surface area contributed by atoms with Crippen LogP contribution in [-0.4, -0.2) is 42.6 Å². The normalized spacial score (nSPS) is 4.00. The Morgan fingerprint density at radius 2 is 1.33 bits per heavy atom. The molecule has 6 heavy (non-hydrogen) atoms. The molecule has 4 nitrogen and oxygen atoms in total. The molecule has 0 saturated carbocycles. The van der Waals surface area contributed by atoms with Crippen molar-refractivity contribution < 1.29 is 15.0 Å². The number of hydrogen-bond acceptors (Lipinski definition) is 2. The molecule has 0 amide bonds. The average molecular weight is 291 g/mol. The zero-order chi connectivity index (χ0) is 3.58. The van der Waals surface area contributed by atoms with E-state index in [1.807, 2.05) is 0 Å². The van der Waals surface area contributed by atoms with Gasteiger partial charge in [-0.1, -0.05) is 0 Å². The van der Waals surface area contributed by atoms with Crippen LogP contribution in [0.25, 0.3) is 0 Å². The Balaban J connectivity index is -0.0000000450. The number of rotatable bonds is 0. The van der Waals surface area contributed by atoms with Crippen molar-refractivity contribution >= 4 is 32.4 Å². The summed E-state index contributed by atoms with van der Waals surface area (Å²) in [4.78, 5) is 8.56. The van der Waals surface area contributed by atoms with Gasteiger partial charge in [0.05, 0.1) is 0 Å². The van der Waals surface area contributed by atoms with Crippen LogP contribution in [0.15, 0.2) is 0 Å². The summed E-state index contributed by atoms with van der Waals surface area (Å²) in [5, 5.41) is 13.9. The van der Waals surface area contributed by atoms with Crippen molar-refractivity contribution in [2.75, 3.05) is 0 Å². The van der Waals surface area contributed by atoms with Gasteiger partial charge in [-0.25, -0.2) is 4.79 Å². The fourth-order valence-corrected chi connectivity index (χ4v) is 0. The van der Waals surface area contributed by atoms with Crippen LogP contribution in [-0.2, 0) is 0 Å². The molecule has 40 valence electrons. The van der Waals surface area contributed by atoms with Gasteiger partial charge in [-0.05, 0) is 0 Å². The second-order valence-electron chi connectivity index (χ2n) is 0.283. The van der Waals surface area contributed by atoms with Gasteiger partial charge in [0.25, 0.3) is 0 Å². The summed E-state index contributed by atoms with van der Waals surface area (Å²) < 4.78 is 0. The van der Waals surface area contributed by atoms with E-state index in [-0.39, 0.29) is 32.4 Å². The van der Waals surface area contributed by atoms with Crippen LogP contribution in [0.1, 0.15) is 0 Å². The molecule has 0 rings (SSSR count). The van der Waals surface area contributed by atoms with Crippen molar-refractivity contribution in [2.45, 2.75) is 0 Å². The Hall–Kier alpha value is 0.113. The number of carboxylic acid groups (broad SMARTS) is 2. The molecule has 0 aliphatic carbocycles. The fourth-order valence-electron chi connectivity index (χ4n) is 0. The van der Waals surface area contributed by atoms with E-state index in [2.05, 4.69) is 0 Å². The van der Waals surface area contributed by atoms with E-state index >= 15 is 0 Å². The minimum atomic E-state index is -1.83. The van der Waals surface area contributed by atoms with Gasteiger partial charge in [0.2, 0.25) is 0 Å². The molecule has 0 aromatic heterocycles. The van der Waals surface area contributed by atoms with Gasteiger partial charge in [0, 0.05) is 0 Å². The Kier molecular flexibility index (Phi) is 24.5. The Morgan fingerprint density at radius 3 is 1.33 bits per heavy atom. The van der Waals surface area contributed by atoms with Crippen molar-refractivity contribution in [3.05, 3.63) is 0 Å². The molecule has 0 heterocycles. The van der Waals surface area contributed by atoms with Crippen LogP contribution in [0.2, 0.25) is 0 Å². The minimum absolute atomic E-state index is 0. The molecule has 0 saturated heterocycles. The second-order valence-corrected chi connectivity index (χ2v) is 0.283. The van der Waals surface area contributed by atoms with Gasteiger partial charge < -0.3 is 16.4 Å². The van der Waals surface area contributed by atoms with E-state index in [9.17, 15) is 0 Å². The fraction of sp³-hybridized carbons (Fsp3) is 0. The quantitative estimate of drug-likeness (QED) is 0.509. The molecule has 0 aromatic carbocycles. The first-order valence-electron chi connectivity index (χ1n) is 0.651. The first-order valence-corrected chi connectivity index (χ1v) is 0.651. The van der Waals surface area contributed by atoms with Crippen molar-refractivity contribution in [1.29, 1.82) is 0 Å². The molecule has 0 atom stereocenters. The summed E-state index contributed by atoms with van der Waals surface area (Å²) in [6.07, 6.45) is -1.83. The van der Waals surface area contributed by atoms with Crippen molar-refractivity contribution in [2.24, 2.45) is 0 Å². The first-order chi connectivity index (χ1) is 1.73. The molecule has 0 bridgehead atoms. The third kappa shape index (κ3) is 3120. The van der Waals surface area contributed by atoms with E-state index in [0.29, 0.717) is 0 Å². The molecule has 0 fully saturated rings. The molecule has 5 N–H and O–H groups in total. The summed E-state index contributed by atoms with van der Waals surface area (Å²) >= 11 is 0. The van der Waals surface area contributed by atoms with Crippen LogP contribution in [0, 0.1) is 0 Å². The number of carbonyl (C=O) groups is 1.